The Bertz CT molecular complexity index is 943. The molecule has 5 heteroatoms. The van der Waals surface area contributed by atoms with Crippen molar-refractivity contribution in [2.45, 2.75) is 44.7 Å². The van der Waals surface area contributed by atoms with Gasteiger partial charge < -0.3 is 5.73 Å². The van der Waals surface area contributed by atoms with Crippen LogP contribution in [0.1, 0.15) is 48.7 Å². The molecule has 1 aromatic carbocycles. The molecule has 28 heavy (non-hydrogen) atoms. The highest BCUT2D eigenvalue weighted by Crippen LogP contribution is 2.34. The average Bonchev–Trinajstić information content (AvgIpc) is 2.72. The van der Waals surface area contributed by atoms with E-state index >= 15 is 0 Å². The van der Waals surface area contributed by atoms with Crippen molar-refractivity contribution in [3.63, 3.8) is 0 Å². The highest BCUT2D eigenvalue weighted by molar-refractivity contribution is 5.84. The zero-order chi connectivity index (χ0) is 19.3. The number of nitrogens with two attached hydrogens (primary N) is 1. The molecule has 0 amide bonds. The van der Waals surface area contributed by atoms with Crippen molar-refractivity contribution in [2.24, 2.45) is 5.73 Å². The first kappa shape index (κ1) is 19.0. The van der Waals surface area contributed by atoms with Crippen molar-refractivity contribution < 1.29 is 4.39 Å². The summed E-state index contributed by atoms with van der Waals surface area (Å²) < 4.78 is 13.6. The van der Waals surface area contributed by atoms with Gasteiger partial charge in [-0.2, -0.15) is 0 Å². The predicted octanol–water partition coefficient (Wildman–Crippen LogP) is 4.39. The molecule has 3 aromatic rings. The van der Waals surface area contributed by atoms with Gasteiger partial charge in [-0.05, 0) is 86.5 Å². The van der Waals surface area contributed by atoms with E-state index < -0.39 is 0 Å². The fourth-order valence-corrected chi connectivity index (χ4v) is 4.27. The van der Waals surface area contributed by atoms with Gasteiger partial charge in [0.25, 0.3) is 0 Å². The second kappa shape index (κ2) is 8.76. The van der Waals surface area contributed by atoms with Crippen LogP contribution in [-0.4, -0.2) is 28.0 Å². The van der Waals surface area contributed by atoms with Gasteiger partial charge in [0.15, 0.2) is 0 Å². The number of nitrogens with zero attached hydrogens (tertiary/aromatic N) is 3. The molecule has 0 aliphatic heterocycles. The summed E-state index contributed by atoms with van der Waals surface area (Å²) in [4.78, 5) is 11.9. The SMILES string of the molecule is NCCCCN(Cc1nccc2cc(F)ccc12)C1CCCc2cccnc21. The first-order chi connectivity index (χ1) is 13.8. The number of aryl methyl sites for hydroxylation is 1. The second-order valence-electron chi connectivity index (χ2n) is 7.55. The lowest BCUT2D eigenvalue weighted by Crippen LogP contribution is -2.33. The molecule has 1 unspecified atom stereocenters. The first-order valence-electron chi connectivity index (χ1n) is 10.2. The van der Waals surface area contributed by atoms with Crippen molar-refractivity contribution in [2.75, 3.05) is 13.1 Å². The van der Waals surface area contributed by atoms with E-state index in [4.69, 9.17) is 10.7 Å². The molecule has 0 fully saturated rings. The van der Waals surface area contributed by atoms with Gasteiger partial charge in [-0.3, -0.25) is 14.9 Å². The molecule has 0 saturated carbocycles. The lowest BCUT2D eigenvalue weighted by molar-refractivity contribution is 0.162. The lowest BCUT2D eigenvalue weighted by atomic mass is 9.90. The number of hydrogen-bond acceptors (Lipinski definition) is 4. The number of pyridine rings is 2. The maximum atomic E-state index is 13.6. The summed E-state index contributed by atoms with van der Waals surface area (Å²) in [6.45, 7) is 2.39. The number of benzene rings is 1. The van der Waals surface area contributed by atoms with Crippen LogP contribution in [0.3, 0.4) is 0 Å². The van der Waals surface area contributed by atoms with Crippen molar-refractivity contribution >= 4 is 10.8 Å². The summed E-state index contributed by atoms with van der Waals surface area (Å²) in [5.41, 5.74) is 9.28. The molecule has 4 nitrogen and oxygen atoms in total. The Balaban J connectivity index is 1.66. The Morgan fingerprint density at radius 3 is 2.93 bits per heavy atom. The van der Waals surface area contributed by atoms with Gasteiger partial charge >= 0.3 is 0 Å². The molecular formula is C23H27FN4. The van der Waals surface area contributed by atoms with E-state index in [0.717, 1.165) is 55.2 Å². The lowest BCUT2D eigenvalue weighted by Gasteiger charge is -2.35. The fourth-order valence-electron chi connectivity index (χ4n) is 4.27. The first-order valence-corrected chi connectivity index (χ1v) is 10.2. The average molecular weight is 378 g/mol. The standard InChI is InChI=1S/C23H27FN4/c24-19-8-9-20-18(15-19)10-13-26-21(20)16-28(14-2-1-11-25)22-7-3-5-17-6-4-12-27-23(17)22/h4,6,8-10,12-13,15,22H,1-3,5,7,11,14,16,25H2. The Morgan fingerprint density at radius 1 is 1.11 bits per heavy atom. The quantitative estimate of drug-likeness (QED) is 0.620. The maximum Gasteiger partial charge on any atom is 0.123 e. The number of rotatable bonds is 7. The molecule has 1 atom stereocenters. The van der Waals surface area contributed by atoms with Crippen LogP contribution in [0.15, 0.2) is 48.8 Å². The molecule has 2 N–H and O–H groups in total. The summed E-state index contributed by atoms with van der Waals surface area (Å²) in [6, 6.07) is 11.3. The van der Waals surface area contributed by atoms with E-state index in [1.165, 1.54) is 23.7 Å². The minimum atomic E-state index is -0.213. The summed E-state index contributed by atoms with van der Waals surface area (Å²) in [7, 11) is 0. The third-order valence-corrected chi connectivity index (χ3v) is 5.67. The Labute approximate surface area is 165 Å². The molecule has 1 aliphatic carbocycles. The second-order valence-corrected chi connectivity index (χ2v) is 7.55. The van der Waals surface area contributed by atoms with Crippen molar-refractivity contribution in [3.8, 4) is 0 Å². The summed E-state index contributed by atoms with van der Waals surface area (Å²) >= 11 is 0. The van der Waals surface area contributed by atoms with E-state index in [1.807, 2.05) is 24.4 Å². The minimum Gasteiger partial charge on any atom is -0.330 e. The van der Waals surface area contributed by atoms with Crippen molar-refractivity contribution in [3.05, 3.63) is 71.6 Å². The molecular weight excluding hydrogens is 351 g/mol. The highest BCUT2D eigenvalue weighted by Gasteiger charge is 2.27. The van der Waals surface area contributed by atoms with Crippen LogP contribution in [0, 0.1) is 5.82 Å². The zero-order valence-corrected chi connectivity index (χ0v) is 16.1. The maximum absolute atomic E-state index is 13.6. The molecule has 0 bridgehead atoms. The number of halogens is 1. The van der Waals surface area contributed by atoms with E-state index in [1.54, 1.807) is 12.3 Å². The molecule has 2 heterocycles. The van der Waals surface area contributed by atoms with E-state index in [-0.39, 0.29) is 5.82 Å². The largest absolute Gasteiger partial charge is 0.330 e. The molecule has 0 radical (unpaired) electrons. The third-order valence-electron chi connectivity index (χ3n) is 5.67. The topological polar surface area (TPSA) is 55.0 Å². The Hall–Kier alpha value is -2.37. The van der Waals surface area contributed by atoms with Gasteiger partial charge in [-0.1, -0.05) is 6.07 Å². The van der Waals surface area contributed by atoms with Gasteiger partial charge in [-0.15, -0.1) is 0 Å². The molecule has 146 valence electrons. The van der Waals surface area contributed by atoms with Gasteiger partial charge in [0, 0.05) is 24.3 Å². The predicted molar refractivity (Wildman–Crippen MR) is 110 cm³/mol. The molecule has 4 rings (SSSR count). The number of fused-ring (bicyclic) bond motifs is 2. The van der Waals surface area contributed by atoms with Gasteiger partial charge in [0.1, 0.15) is 5.82 Å². The number of hydrogen-bond donors (Lipinski definition) is 1. The van der Waals surface area contributed by atoms with Crippen LogP contribution < -0.4 is 5.73 Å². The summed E-state index contributed by atoms with van der Waals surface area (Å²) in [6.07, 6.45) is 9.11. The Morgan fingerprint density at radius 2 is 2.04 bits per heavy atom. The third kappa shape index (κ3) is 4.05. The summed E-state index contributed by atoms with van der Waals surface area (Å²) in [5, 5.41) is 1.92. The molecule has 0 spiro atoms. The van der Waals surface area contributed by atoms with Crippen molar-refractivity contribution in [1.29, 1.82) is 0 Å². The molecule has 2 aromatic heterocycles. The van der Waals surface area contributed by atoms with Crippen LogP contribution in [0.25, 0.3) is 10.8 Å². The smallest absolute Gasteiger partial charge is 0.123 e. The highest BCUT2D eigenvalue weighted by atomic mass is 19.1. The number of aromatic nitrogens is 2. The normalized spacial score (nSPS) is 16.5. The fraction of sp³-hybridized carbons (Fsp3) is 0.391. The van der Waals surface area contributed by atoms with Crippen LogP contribution in [0.5, 0.6) is 0 Å². The van der Waals surface area contributed by atoms with E-state index in [9.17, 15) is 4.39 Å². The van der Waals surface area contributed by atoms with Crippen molar-refractivity contribution in [1.82, 2.24) is 14.9 Å². The molecule has 0 saturated heterocycles. The number of unbranched alkanes of at least 4 members (excludes halogenated alkanes) is 1. The summed E-state index contributed by atoms with van der Waals surface area (Å²) in [5.74, 6) is -0.213. The van der Waals surface area contributed by atoms with Gasteiger partial charge in [0.2, 0.25) is 0 Å². The minimum absolute atomic E-state index is 0.213. The Kier molecular flexibility index (Phi) is 5.93. The molecule has 1 aliphatic rings. The van der Waals surface area contributed by atoms with Gasteiger partial charge in [0.05, 0.1) is 17.4 Å². The monoisotopic (exact) mass is 378 g/mol. The van der Waals surface area contributed by atoms with Crippen LogP contribution in [0.4, 0.5) is 4.39 Å². The van der Waals surface area contributed by atoms with Crippen LogP contribution in [-0.2, 0) is 13.0 Å². The van der Waals surface area contributed by atoms with E-state index in [2.05, 4.69) is 16.0 Å². The zero-order valence-electron chi connectivity index (χ0n) is 16.1. The van der Waals surface area contributed by atoms with Crippen LogP contribution >= 0.6 is 0 Å². The van der Waals surface area contributed by atoms with Gasteiger partial charge in [-0.25, -0.2) is 4.39 Å². The van der Waals surface area contributed by atoms with Crippen LogP contribution in [0.2, 0.25) is 0 Å². The van der Waals surface area contributed by atoms with E-state index in [0.29, 0.717) is 12.6 Å².